The smallest absolute Gasteiger partial charge is 0.264 e. The van der Waals surface area contributed by atoms with E-state index in [4.69, 9.17) is 0 Å². The van der Waals surface area contributed by atoms with Gasteiger partial charge in [0.1, 0.15) is 6.04 Å². The Hall–Kier alpha value is -3.51. The maximum atomic E-state index is 12.8. The van der Waals surface area contributed by atoms with Crippen LogP contribution in [-0.2, 0) is 24.8 Å². The number of hydrogen-bond donors (Lipinski definition) is 2. The second-order valence-corrected chi connectivity index (χ2v) is 10.8. The molecule has 0 aliphatic carbocycles. The van der Waals surface area contributed by atoms with Crippen molar-refractivity contribution in [3.8, 4) is 0 Å². The van der Waals surface area contributed by atoms with E-state index in [2.05, 4.69) is 20.0 Å². The Morgan fingerprint density at radius 3 is 2.18 bits per heavy atom. The van der Waals surface area contributed by atoms with E-state index in [1.54, 1.807) is 43.3 Å². The summed E-state index contributed by atoms with van der Waals surface area (Å²) < 4.78 is 53.1. The van der Waals surface area contributed by atoms with Gasteiger partial charge in [0.25, 0.3) is 10.0 Å². The molecular weight excluding hydrogens is 466 g/mol. The van der Waals surface area contributed by atoms with Crippen LogP contribution in [0.15, 0.2) is 71.8 Å². The molecular formula is C21H23N5O5S2. The molecule has 0 radical (unpaired) electrons. The van der Waals surface area contributed by atoms with Gasteiger partial charge in [0, 0.05) is 17.6 Å². The summed E-state index contributed by atoms with van der Waals surface area (Å²) in [5.41, 5.74) is 1.26. The van der Waals surface area contributed by atoms with Gasteiger partial charge in [-0.15, -0.1) is 0 Å². The monoisotopic (exact) mass is 489 g/mol. The predicted octanol–water partition coefficient (Wildman–Crippen LogP) is 2.38. The number of sulfonamides is 2. The Kier molecular flexibility index (Phi) is 6.98. The zero-order valence-corrected chi connectivity index (χ0v) is 19.8. The number of amides is 1. The van der Waals surface area contributed by atoms with Gasteiger partial charge >= 0.3 is 0 Å². The Bertz CT molecular complexity index is 1350. The largest absolute Gasteiger partial charge is 0.324 e. The molecule has 0 spiro atoms. The third-order valence-corrected chi connectivity index (χ3v) is 7.14. The molecule has 0 aliphatic heterocycles. The van der Waals surface area contributed by atoms with Crippen molar-refractivity contribution in [2.75, 3.05) is 20.6 Å². The van der Waals surface area contributed by atoms with Crippen LogP contribution in [0.4, 0.5) is 17.3 Å². The highest BCUT2D eigenvalue weighted by Crippen LogP contribution is 2.22. The lowest BCUT2D eigenvalue weighted by atomic mass is 10.2. The fourth-order valence-corrected chi connectivity index (χ4v) is 5.15. The minimum absolute atomic E-state index is 0.0528. The van der Waals surface area contributed by atoms with Gasteiger partial charge in [0.15, 0.2) is 0 Å². The molecule has 33 heavy (non-hydrogen) atoms. The van der Waals surface area contributed by atoms with E-state index in [0.29, 0.717) is 17.1 Å². The average molecular weight is 490 g/mol. The van der Waals surface area contributed by atoms with Gasteiger partial charge < -0.3 is 5.32 Å². The lowest BCUT2D eigenvalue weighted by molar-refractivity contribution is -0.116. The first-order valence-electron chi connectivity index (χ1n) is 9.75. The first kappa shape index (κ1) is 24.1. The molecule has 2 aromatic carbocycles. The van der Waals surface area contributed by atoms with Crippen molar-refractivity contribution < 1.29 is 21.6 Å². The Labute approximate surface area is 192 Å². The predicted molar refractivity (Wildman–Crippen MR) is 126 cm³/mol. The molecule has 0 aliphatic rings. The number of hydrogen-bond acceptors (Lipinski definition) is 7. The highest BCUT2D eigenvalue weighted by molar-refractivity contribution is 7.92. The zero-order valence-electron chi connectivity index (χ0n) is 18.1. The maximum Gasteiger partial charge on any atom is 0.264 e. The second kappa shape index (κ2) is 9.55. The third-order valence-electron chi connectivity index (χ3n) is 4.55. The van der Waals surface area contributed by atoms with E-state index >= 15 is 0 Å². The first-order chi connectivity index (χ1) is 15.5. The summed E-state index contributed by atoms with van der Waals surface area (Å²) in [5, 5.41) is 2.61. The van der Waals surface area contributed by atoms with Crippen molar-refractivity contribution in [3.63, 3.8) is 0 Å². The lowest BCUT2D eigenvalue weighted by Gasteiger charge is -2.28. The van der Waals surface area contributed by atoms with Crippen molar-refractivity contribution in [1.29, 1.82) is 0 Å². The topological polar surface area (TPSA) is 138 Å². The number of benzene rings is 2. The van der Waals surface area contributed by atoms with E-state index < -0.39 is 32.0 Å². The SMILES string of the molecule is Cc1ccnc(NS(=O)(=O)c2ccc(NC(=O)C(C)N(c3ccccc3)S(C)(=O)=O)cc2)n1. The summed E-state index contributed by atoms with van der Waals surface area (Å²) in [6.07, 6.45) is 2.46. The molecule has 3 rings (SSSR count). The van der Waals surface area contributed by atoms with Crippen molar-refractivity contribution >= 4 is 43.3 Å². The first-order valence-corrected chi connectivity index (χ1v) is 13.1. The van der Waals surface area contributed by atoms with Gasteiger partial charge in [0.2, 0.25) is 21.9 Å². The summed E-state index contributed by atoms with van der Waals surface area (Å²) in [7, 11) is -7.68. The summed E-state index contributed by atoms with van der Waals surface area (Å²) in [4.78, 5) is 20.6. The van der Waals surface area contributed by atoms with Crippen LogP contribution >= 0.6 is 0 Å². The Morgan fingerprint density at radius 2 is 1.61 bits per heavy atom. The number of carbonyl (C=O) groups excluding carboxylic acids is 1. The molecule has 174 valence electrons. The third kappa shape index (κ3) is 6.05. The number of anilines is 3. The quantitative estimate of drug-likeness (QED) is 0.495. The van der Waals surface area contributed by atoms with Crippen LogP contribution in [0.5, 0.6) is 0 Å². The van der Waals surface area contributed by atoms with Gasteiger partial charge in [-0.2, -0.15) is 0 Å². The zero-order chi connectivity index (χ0) is 24.2. The molecule has 0 saturated carbocycles. The summed E-state index contributed by atoms with van der Waals surface area (Å²) in [6.45, 7) is 3.18. The fourth-order valence-electron chi connectivity index (χ4n) is 3.03. The Balaban J connectivity index is 1.75. The fraction of sp³-hybridized carbons (Fsp3) is 0.190. The van der Waals surface area contributed by atoms with E-state index in [1.165, 1.54) is 37.4 Å². The lowest BCUT2D eigenvalue weighted by Crippen LogP contribution is -2.45. The normalized spacial score (nSPS) is 12.6. The molecule has 1 aromatic heterocycles. The molecule has 3 aromatic rings. The summed E-state index contributed by atoms with van der Waals surface area (Å²) >= 11 is 0. The second-order valence-electron chi connectivity index (χ2n) is 7.21. The van der Waals surface area contributed by atoms with Crippen LogP contribution in [0.3, 0.4) is 0 Å². The van der Waals surface area contributed by atoms with E-state index in [-0.39, 0.29) is 10.8 Å². The summed E-state index contributed by atoms with van der Waals surface area (Å²) in [5.74, 6) is -0.630. The molecule has 0 fully saturated rings. The van der Waals surface area contributed by atoms with Crippen LogP contribution in [0.2, 0.25) is 0 Å². The molecule has 0 bridgehead atoms. The number of para-hydroxylation sites is 1. The van der Waals surface area contributed by atoms with Crippen molar-refractivity contribution in [1.82, 2.24) is 9.97 Å². The van der Waals surface area contributed by atoms with E-state index in [0.717, 1.165) is 10.6 Å². The van der Waals surface area contributed by atoms with Crippen LogP contribution in [0.1, 0.15) is 12.6 Å². The minimum Gasteiger partial charge on any atom is -0.324 e. The number of aromatic nitrogens is 2. The van der Waals surface area contributed by atoms with Gasteiger partial charge in [0.05, 0.1) is 16.8 Å². The molecule has 1 unspecified atom stereocenters. The van der Waals surface area contributed by atoms with Crippen molar-refractivity contribution in [2.45, 2.75) is 24.8 Å². The highest BCUT2D eigenvalue weighted by Gasteiger charge is 2.29. The van der Waals surface area contributed by atoms with Crippen molar-refractivity contribution in [3.05, 3.63) is 72.6 Å². The van der Waals surface area contributed by atoms with Crippen LogP contribution in [-0.4, -0.2) is 45.0 Å². The molecule has 2 N–H and O–H groups in total. The molecule has 1 atom stereocenters. The van der Waals surface area contributed by atoms with Gasteiger partial charge in [-0.05, 0) is 56.3 Å². The van der Waals surface area contributed by atoms with Gasteiger partial charge in [-0.25, -0.2) is 31.5 Å². The van der Waals surface area contributed by atoms with E-state index in [9.17, 15) is 21.6 Å². The Morgan fingerprint density at radius 1 is 0.970 bits per heavy atom. The number of nitrogens with zero attached hydrogens (tertiary/aromatic N) is 3. The number of carbonyl (C=O) groups is 1. The summed E-state index contributed by atoms with van der Waals surface area (Å²) in [6, 6.07) is 14.3. The molecule has 1 amide bonds. The molecule has 1 heterocycles. The van der Waals surface area contributed by atoms with Gasteiger partial charge in [-0.3, -0.25) is 9.10 Å². The van der Waals surface area contributed by atoms with Crippen LogP contribution in [0, 0.1) is 6.92 Å². The minimum atomic E-state index is -3.94. The number of nitrogens with one attached hydrogen (secondary N) is 2. The number of aryl methyl sites for hydroxylation is 1. The molecule has 12 heteroatoms. The standard InChI is InChI=1S/C21H23N5O5S2/c1-15-13-14-22-21(23-15)25-33(30,31)19-11-9-17(10-12-19)24-20(27)16(2)26(32(3,28)29)18-7-5-4-6-8-18/h4-14,16H,1-3H3,(H,24,27)(H,22,23,25). The average Bonchev–Trinajstić information content (AvgIpc) is 2.73. The van der Waals surface area contributed by atoms with Crippen LogP contribution in [0.25, 0.3) is 0 Å². The molecule has 0 saturated heterocycles. The molecule has 10 nitrogen and oxygen atoms in total. The van der Waals surface area contributed by atoms with Crippen LogP contribution < -0.4 is 14.3 Å². The van der Waals surface area contributed by atoms with E-state index in [1.807, 2.05) is 0 Å². The highest BCUT2D eigenvalue weighted by atomic mass is 32.2. The van der Waals surface area contributed by atoms with Gasteiger partial charge in [-0.1, -0.05) is 18.2 Å². The number of rotatable bonds is 8. The maximum absolute atomic E-state index is 12.8. The van der Waals surface area contributed by atoms with Crippen molar-refractivity contribution in [2.24, 2.45) is 0 Å².